The molecular formula is C15H18N2O3. The summed E-state index contributed by atoms with van der Waals surface area (Å²) in [6.07, 6.45) is 5.03. The number of carbonyl (C=O) groups is 1. The summed E-state index contributed by atoms with van der Waals surface area (Å²) >= 11 is 0. The number of hydrogen-bond donors (Lipinski definition) is 2. The molecule has 1 aliphatic heterocycles. The number of pyridine rings is 1. The average molecular weight is 274 g/mol. The van der Waals surface area contributed by atoms with Crippen LogP contribution in [0.15, 0.2) is 18.5 Å². The lowest BCUT2D eigenvalue weighted by molar-refractivity contribution is 0.0206. The summed E-state index contributed by atoms with van der Waals surface area (Å²) in [4.78, 5) is 16.0. The van der Waals surface area contributed by atoms with Gasteiger partial charge in [-0.25, -0.2) is 0 Å². The van der Waals surface area contributed by atoms with Crippen molar-refractivity contribution in [2.24, 2.45) is 0 Å². The first-order valence-corrected chi connectivity index (χ1v) is 6.60. The maximum absolute atomic E-state index is 12.1. The summed E-state index contributed by atoms with van der Waals surface area (Å²) in [5, 5.41) is 11.5. The molecule has 2 N–H and O–H groups in total. The zero-order valence-corrected chi connectivity index (χ0v) is 11.5. The van der Waals surface area contributed by atoms with Crippen LogP contribution in [0.4, 0.5) is 0 Å². The lowest BCUT2D eigenvalue weighted by Crippen LogP contribution is -2.40. The first-order chi connectivity index (χ1) is 9.63. The topological polar surface area (TPSA) is 71.5 Å². The molecule has 20 heavy (non-hydrogen) atoms. The lowest BCUT2D eigenvalue weighted by Gasteiger charge is -2.23. The van der Waals surface area contributed by atoms with E-state index in [-0.39, 0.29) is 18.1 Å². The number of aliphatic hydroxyl groups is 1. The Morgan fingerprint density at radius 2 is 2.45 bits per heavy atom. The summed E-state index contributed by atoms with van der Waals surface area (Å²) in [6.45, 7) is 3.02. The predicted molar refractivity (Wildman–Crippen MR) is 74.1 cm³/mol. The molecule has 1 saturated heterocycles. The van der Waals surface area contributed by atoms with E-state index < -0.39 is 0 Å². The van der Waals surface area contributed by atoms with Crippen LogP contribution in [-0.4, -0.2) is 41.4 Å². The summed E-state index contributed by atoms with van der Waals surface area (Å²) in [5.74, 6) is 5.06. The molecular weight excluding hydrogens is 256 g/mol. The van der Waals surface area contributed by atoms with Crippen molar-refractivity contribution in [1.29, 1.82) is 0 Å². The Balaban J connectivity index is 1.98. The molecule has 1 aromatic rings. The minimum Gasteiger partial charge on any atom is -0.384 e. The molecule has 5 heteroatoms. The highest BCUT2D eigenvalue weighted by molar-refractivity contribution is 5.94. The first kappa shape index (κ1) is 14.5. The van der Waals surface area contributed by atoms with Crippen LogP contribution in [0.2, 0.25) is 0 Å². The number of hydrogen-bond acceptors (Lipinski definition) is 4. The largest absolute Gasteiger partial charge is 0.384 e. The highest BCUT2D eigenvalue weighted by atomic mass is 16.5. The van der Waals surface area contributed by atoms with E-state index in [2.05, 4.69) is 22.1 Å². The lowest BCUT2D eigenvalue weighted by atomic mass is 10.0. The molecule has 0 radical (unpaired) electrons. The third-order valence-electron chi connectivity index (χ3n) is 3.24. The van der Waals surface area contributed by atoms with E-state index in [9.17, 15) is 4.79 Å². The second-order valence-corrected chi connectivity index (χ2v) is 5.01. The van der Waals surface area contributed by atoms with Gasteiger partial charge in [-0.3, -0.25) is 9.78 Å². The summed E-state index contributed by atoms with van der Waals surface area (Å²) in [7, 11) is 0. The molecule has 0 bridgehead atoms. The van der Waals surface area contributed by atoms with E-state index in [4.69, 9.17) is 9.84 Å². The van der Waals surface area contributed by atoms with Crippen LogP contribution in [0.3, 0.4) is 0 Å². The van der Waals surface area contributed by atoms with Crippen molar-refractivity contribution in [2.75, 3.05) is 19.8 Å². The molecule has 1 unspecified atom stereocenters. The molecule has 0 spiro atoms. The van der Waals surface area contributed by atoms with Gasteiger partial charge in [0.15, 0.2) is 0 Å². The summed E-state index contributed by atoms with van der Waals surface area (Å²) in [5.41, 5.74) is 0.795. The Morgan fingerprint density at radius 1 is 1.60 bits per heavy atom. The maximum Gasteiger partial charge on any atom is 0.252 e. The molecule has 1 aliphatic rings. The zero-order chi connectivity index (χ0) is 14.4. The number of nitrogens with one attached hydrogen (secondary N) is 1. The Hall–Kier alpha value is -1.90. The van der Waals surface area contributed by atoms with Crippen LogP contribution in [0.25, 0.3) is 0 Å². The number of amides is 1. The van der Waals surface area contributed by atoms with E-state index in [1.165, 1.54) is 6.20 Å². The number of rotatable bonds is 3. The molecule has 0 saturated carbocycles. The Bertz CT molecular complexity index is 540. The summed E-state index contributed by atoms with van der Waals surface area (Å²) in [6, 6.07) is 1.66. The Kier molecular flexibility index (Phi) is 4.72. The molecule has 5 nitrogen and oxygen atoms in total. The average Bonchev–Trinajstić information content (AvgIpc) is 2.90. The van der Waals surface area contributed by atoms with Crippen LogP contribution in [-0.2, 0) is 4.74 Å². The van der Waals surface area contributed by atoms with Gasteiger partial charge in [-0.05, 0) is 25.8 Å². The monoisotopic (exact) mass is 274 g/mol. The van der Waals surface area contributed by atoms with Crippen molar-refractivity contribution < 1.29 is 14.6 Å². The molecule has 106 valence electrons. The maximum atomic E-state index is 12.1. The van der Waals surface area contributed by atoms with E-state index in [1.807, 2.05) is 6.92 Å². The molecule has 2 heterocycles. The van der Waals surface area contributed by atoms with E-state index in [1.54, 1.807) is 12.3 Å². The van der Waals surface area contributed by atoms with Crippen LogP contribution >= 0.6 is 0 Å². The second-order valence-electron chi connectivity index (χ2n) is 5.01. The fourth-order valence-corrected chi connectivity index (χ4v) is 2.12. The van der Waals surface area contributed by atoms with Crippen LogP contribution in [0.1, 0.15) is 35.7 Å². The molecule has 1 atom stereocenters. The molecule has 1 fully saturated rings. The molecule has 1 amide bonds. The summed E-state index contributed by atoms with van der Waals surface area (Å²) < 4.78 is 5.62. The smallest absolute Gasteiger partial charge is 0.252 e. The minimum atomic E-state index is -0.266. The third-order valence-corrected chi connectivity index (χ3v) is 3.24. The van der Waals surface area contributed by atoms with Crippen molar-refractivity contribution in [1.82, 2.24) is 10.3 Å². The highest BCUT2D eigenvalue weighted by Gasteiger charge is 2.30. The normalized spacial score (nSPS) is 21.1. The Labute approximate surface area is 118 Å². The van der Waals surface area contributed by atoms with Crippen molar-refractivity contribution in [3.8, 4) is 11.8 Å². The number of aliphatic hydroxyl groups excluding tert-OH is 1. The van der Waals surface area contributed by atoms with Gasteiger partial charge in [-0.15, -0.1) is 0 Å². The van der Waals surface area contributed by atoms with Gasteiger partial charge >= 0.3 is 0 Å². The van der Waals surface area contributed by atoms with Crippen molar-refractivity contribution in [2.45, 2.75) is 25.4 Å². The number of carbonyl (C=O) groups excluding carboxylic acids is 1. The molecule has 0 aromatic carbocycles. The van der Waals surface area contributed by atoms with E-state index in [0.29, 0.717) is 17.7 Å². The molecule has 1 aromatic heterocycles. The second kappa shape index (κ2) is 6.51. The SMILES string of the molecule is CC1(CNC(=O)c2cncc(C#CCO)c2)CCCO1. The Morgan fingerprint density at radius 3 is 3.15 bits per heavy atom. The van der Waals surface area contributed by atoms with Gasteiger partial charge in [-0.1, -0.05) is 11.8 Å². The van der Waals surface area contributed by atoms with Crippen LogP contribution in [0.5, 0.6) is 0 Å². The van der Waals surface area contributed by atoms with Crippen LogP contribution < -0.4 is 5.32 Å². The fraction of sp³-hybridized carbons (Fsp3) is 0.467. The van der Waals surface area contributed by atoms with Gasteiger partial charge in [0.05, 0.1) is 11.2 Å². The molecule has 0 aliphatic carbocycles. The van der Waals surface area contributed by atoms with Gasteiger partial charge in [-0.2, -0.15) is 0 Å². The minimum absolute atomic E-state index is 0.193. The van der Waals surface area contributed by atoms with Gasteiger partial charge in [0.1, 0.15) is 6.61 Å². The predicted octanol–water partition coefficient (Wildman–Crippen LogP) is 0.724. The highest BCUT2D eigenvalue weighted by Crippen LogP contribution is 2.23. The van der Waals surface area contributed by atoms with Gasteiger partial charge in [0, 0.05) is 31.1 Å². The first-order valence-electron chi connectivity index (χ1n) is 6.60. The van der Waals surface area contributed by atoms with E-state index in [0.717, 1.165) is 19.4 Å². The van der Waals surface area contributed by atoms with Gasteiger partial charge < -0.3 is 15.2 Å². The van der Waals surface area contributed by atoms with Gasteiger partial charge in [0.25, 0.3) is 5.91 Å². The third kappa shape index (κ3) is 3.80. The number of ether oxygens (including phenoxy) is 1. The van der Waals surface area contributed by atoms with Gasteiger partial charge in [0.2, 0.25) is 0 Å². The standard InChI is InChI=1S/C15H18N2O3/c1-15(5-3-7-20-15)11-17-14(19)13-8-12(4-2-6-18)9-16-10-13/h8-10,18H,3,5-7,11H2,1H3,(H,17,19). The van der Waals surface area contributed by atoms with E-state index >= 15 is 0 Å². The van der Waals surface area contributed by atoms with Crippen LogP contribution in [0, 0.1) is 11.8 Å². The zero-order valence-electron chi connectivity index (χ0n) is 11.5. The number of nitrogens with zero attached hydrogens (tertiary/aromatic N) is 1. The van der Waals surface area contributed by atoms with Crippen molar-refractivity contribution >= 4 is 5.91 Å². The molecule has 2 rings (SSSR count). The fourth-order valence-electron chi connectivity index (χ4n) is 2.12. The number of aromatic nitrogens is 1. The van der Waals surface area contributed by atoms with Crippen molar-refractivity contribution in [3.05, 3.63) is 29.6 Å². The quantitative estimate of drug-likeness (QED) is 0.797. The van der Waals surface area contributed by atoms with Crippen molar-refractivity contribution in [3.63, 3.8) is 0 Å².